The molecule has 0 aromatic heterocycles. The van der Waals surface area contributed by atoms with Crippen molar-refractivity contribution >= 4 is 5.91 Å². The average Bonchev–Trinajstić information content (AvgIpc) is 2.38. The fraction of sp³-hybridized carbons (Fsp3) is 0.500. The van der Waals surface area contributed by atoms with Gasteiger partial charge in [-0.1, -0.05) is 6.07 Å². The SMILES string of the molecule is COc1ccc(CC(=O)NCCN(C)C)c(OC)c1. The van der Waals surface area contributed by atoms with Crippen molar-refractivity contribution < 1.29 is 14.3 Å². The number of carbonyl (C=O) groups is 1. The summed E-state index contributed by atoms with van der Waals surface area (Å²) in [6.07, 6.45) is 0.306. The number of carbonyl (C=O) groups excluding carboxylic acids is 1. The molecule has 0 saturated carbocycles. The number of hydrogen-bond donors (Lipinski definition) is 1. The number of methoxy groups -OCH3 is 2. The standard InChI is InChI=1S/C14H22N2O3/c1-16(2)8-7-15-14(17)9-11-5-6-12(18-3)10-13(11)19-4/h5-6,10H,7-9H2,1-4H3,(H,15,17). The molecule has 0 aliphatic heterocycles. The molecule has 5 nitrogen and oxygen atoms in total. The van der Waals surface area contributed by atoms with E-state index >= 15 is 0 Å². The summed E-state index contributed by atoms with van der Waals surface area (Å²) in [5, 5.41) is 2.87. The quantitative estimate of drug-likeness (QED) is 0.797. The minimum atomic E-state index is -0.00897. The average molecular weight is 266 g/mol. The van der Waals surface area contributed by atoms with Gasteiger partial charge in [0.2, 0.25) is 5.91 Å². The smallest absolute Gasteiger partial charge is 0.224 e. The number of hydrogen-bond acceptors (Lipinski definition) is 4. The van der Waals surface area contributed by atoms with Crippen LogP contribution in [0.5, 0.6) is 11.5 Å². The topological polar surface area (TPSA) is 50.8 Å². The van der Waals surface area contributed by atoms with E-state index in [1.165, 1.54) is 0 Å². The third-order valence-corrected chi connectivity index (χ3v) is 2.73. The van der Waals surface area contributed by atoms with Crippen molar-refractivity contribution in [2.75, 3.05) is 41.4 Å². The second-order valence-corrected chi connectivity index (χ2v) is 4.51. The minimum absolute atomic E-state index is 0.00897. The summed E-state index contributed by atoms with van der Waals surface area (Å²) in [5.74, 6) is 1.38. The fourth-order valence-electron chi connectivity index (χ4n) is 1.65. The van der Waals surface area contributed by atoms with Gasteiger partial charge in [0.1, 0.15) is 11.5 Å². The van der Waals surface area contributed by atoms with Gasteiger partial charge < -0.3 is 19.7 Å². The van der Waals surface area contributed by atoms with E-state index in [9.17, 15) is 4.79 Å². The Morgan fingerprint density at radius 1 is 1.26 bits per heavy atom. The minimum Gasteiger partial charge on any atom is -0.497 e. The molecule has 0 aliphatic carbocycles. The summed E-state index contributed by atoms with van der Waals surface area (Å²) < 4.78 is 10.4. The number of amides is 1. The monoisotopic (exact) mass is 266 g/mol. The van der Waals surface area contributed by atoms with Gasteiger partial charge in [0.05, 0.1) is 20.6 Å². The Labute approximate surface area is 114 Å². The first-order valence-corrected chi connectivity index (χ1v) is 6.19. The van der Waals surface area contributed by atoms with Gasteiger partial charge in [0.25, 0.3) is 0 Å². The zero-order valence-corrected chi connectivity index (χ0v) is 12.0. The summed E-state index contributed by atoms with van der Waals surface area (Å²) in [6.45, 7) is 1.47. The van der Waals surface area contributed by atoms with Crippen LogP contribution < -0.4 is 14.8 Å². The van der Waals surface area contributed by atoms with Crippen molar-refractivity contribution in [3.8, 4) is 11.5 Å². The first kappa shape index (κ1) is 15.3. The Balaban J connectivity index is 2.58. The molecule has 1 amide bonds. The molecule has 0 atom stereocenters. The first-order chi connectivity index (χ1) is 9.06. The molecule has 0 unspecified atom stereocenters. The maximum absolute atomic E-state index is 11.8. The molecule has 0 radical (unpaired) electrons. The lowest BCUT2D eigenvalue weighted by molar-refractivity contribution is -0.120. The molecule has 106 valence electrons. The number of ether oxygens (including phenoxy) is 2. The van der Waals surface area contributed by atoms with Crippen molar-refractivity contribution in [1.82, 2.24) is 10.2 Å². The van der Waals surface area contributed by atoms with Crippen molar-refractivity contribution in [3.63, 3.8) is 0 Å². The molecule has 0 fully saturated rings. The molecule has 0 saturated heterocycles. The van der Waals surface area contributed by atoms with Crippen LogP contribution in [-0.2, 0) is 11.2 Å². The predicted molar refractivity (Wildman–Crippen MR) is 74.8 cm³/mol. The van der Waals surface area contributed by atoms with Crippen molar-refractivity contribution in [2.45, 2.75) is 6.42 Å². The maximum atomic E-state index is 11.8. The Hall–Kier alpha value is -1.75. The molecule has 19 heavy (non-hydrogen) atoms. The third kappa shape index (κ3) is 5.18. The van der Waals surface area contributed by atoms with Crippen molar-refractivity contribution in [3.05, 3.63) is 23.8 Å². The summed E-state index contributed by atoms with van der Waals surface area (Å²) in [5.41, 5.74) is 0.852. The molecule has 1 rings (SSSR count). The van der Waals surface area contributed by atoms with Crippen LogP contribution in [0.2, 0.25) is 0 Å². The van der Waals surface area contributed by atoms with Crippen LogP contribution in [0.3, 0.4) is 0 Å². The number of rotatable bonds is 7. The van der Waals surface area contributed by atoms with E-state index in [2.05, 4.69) is 5.32 Å². The molecule has 0 aliphatic rings. The van der Waals surface area contributed by atoms with E-state index in [1.54, 1.807) is 20.3 Å². The van der Waals surface area contributed by atoms with Gasteiger partial charge in [0, 0.05) is 24.7 Å². The van der Waals surface area contributed by atoms with E-state index in [0.29, 0.717) is 24.5 Å². The molecule has 0 spiro atoms. The van der Waals surface area contributed by atoms with Crippen molar-refractivity contribution in [1.29, 1.82) is 0 Å². The number of nitrogens with one attached hydrogen (secondary N) is 1. The molecule has 1 N–H and O–H groups in total. The number of benzene rings is 1. The van der Waals surface area contributed by atoms with Gasteiger partial charge >= 0.3 is 0 Å². The van der Waals surface area contributed by atoms with Gasteiger partial charge in [0.15, 0.2) is 0 Å². The molecule has 5 heteroatoms. The predicted octanol–water partition coefficient (Wildman–Crippen LogP) is 0.924. The van der Waals surface area contributed by atoms with Crippen LogP contribution in [0.25, 0.3) is 0 Å². The van der Waals surface area contributed by atoms with Crippen LogP contribution in [-0.4, -0.2) is 52.2 Å². The van der Waals surface area contributed by atoms with Gasteiger partial charge in [-0.3, -0.25) is 4.79 Å². The Kier molecular flexibility index (Phi) is 6.15. The van der Waals surface area contributed by atoms with Crippen molar-refractivity contribution in [2.24, 2.45) is 0 Å². The fourth-order valence-corrected chi connectivity index (χ4v) is 1.65. The van der Waals surface area contributed by atoms with Crippen LogP contribution in [0.1, 0.15) is 5.56 Å². The van der Waals surface area contributed by atoms with Crippen LogP contribution in [0.15, 0.2) is 18.2 Å². The molecule has 0 heterocycles. The first-order valence-electron chi connectivity index (χ1n) is 6.19. The Bertz CT molecular complexity index is 419. The van der Waals surface area contributed by atoms with E-state index in [-0.39, 0.29) is 5.91 Å². The highest BCUT2D eigenvalue weighted by Crippen LogP contribution is 2.24. The van der Waals surface area contributed by atoms with Crippen LogP contribution in [0.4, 0.5) is 0 Å². The summed E-state index contributed by atoms with van der Waals surface area (Å²) in [4.78, 5) is 13.8. The number of nitrogens with zero attached hydrogens (tertiary/aromatic N) is 1. The highest BCUT2D eigenvalue weighted by atomic mass is 16.5. The maximum Gasteiger partial charge on any atom is 0.224 e. The Morgan fingerprint density at radius 3 is 2.58 bits per heavy atom. The van der Waals surface area contributed by atoms with E-state index in [1.807, 2.05) is 31.1 Å². The van der Waals surface area contributed by atoms with E-state index in [4.69, 9.17) is 9.47 Å². The summed E-state index contributed by atoms with van der Waals surface area (Å²) >= 11 is 0. The van der Waals surface area contributed by atoms with Gasteiger partial charge in [-0.15, -0.1) is 0 Å². The normalized spacial score (nSPS) is 10.4. The lowest BCUT2D eigenvalue weighted by Gasteiger charge is -2.12. The zero-order valence-electron chi connectivity index (χ0n) is 12.0. The summed E-state index contributed by atoms with van der Waals surface area (Å²) in [6, 6.07) is 5.45. The lowest BCUT2D eigenvalue weighted by Crippen LogP contribution is -2.32. The zero-order chi connectivity index (χ0) is 14.3. The van der Waals surface area contributed by atoms with Crippen LogP contribution >= 0.6 is 0 Å². The lowest BCUT2D eigenvalue weighted by atomic mass is 10.1. The molecular weight excluding hydrogens is 244 g/mol. The highest BCUT2D eigenvalue weighted by molar-refractivity contribution is 5.79. The van der Waals surface area contributed by atoms with E-state index in [0.717, 1.165) is 12.1 Å². The largest absolute Gasteiger partial charge is 0.497 e. The van der Waals surface area contributed by atoms with Gasteiger partial charge in [-0.05, 0) is 20.2 Å². The van der Waals surface area contributed by atoms with Gasteiger partial charge in [-0.2, -0.15) is 0 Å². The third-order valence-electron chi connectivity index (χ3n) is 2.73. The van der Waals surface area contributed by atoms with Gasteiger partial charge in [-0.25, -0.2) is 0 Å². The molecule has 0 bridgehead atoms. The second-order valence-electron chi connectivity index (χ2n) is 4.51. The molecule has 1 aromatic rings. The summed E-state index contributed by atoms with van der Waals surface area (Å²) in [7, 11) is 7.13. The Morgan fingerprint density at radius 2 is 2.00 bits per heavy atom. The van der Waals surface area contributed by atoms with Crippen LogP contribution in [0, 0.1) is 0 Å². The second kappa shape index (κ2) is 7.63. The molecule has 1 aromatic carbocycles. The highest BCUT2D eigenvalue weighted by Gasteiger charge is 2.09. The molecular formula is C14H22N2O3. The van der Waals surface area contributed by atoms with E-state index < -0.39 is 0 Å². The number of likely N-dealkylation sites (N-methyl/N-ethyl adjacent to an activating group) is 1.